The molecule has 2 aromatic carbocycles. The maximum absolute atomic E-state index is 15.2. The number of thioether (sulfide) groups is 1. The van der Waals surface area contributed by atoms with Crippen LogP contribution in [0.1, 0.15) is 68.9 Å². The van der Waals surface area contributed by atoms with E-state index in [-0.39, 0.29) is 35.6 Å². The summed E-state index contributed by atoms with van der Waals surface area (Å²) in [6.45, 7) is -0.457. The van der Waals surface area contributed by atoms with Gasteiger partial charge in [-0.25, -0.2) is 27.5 Å². The van der Waals surface area contributed by atoms with Crippen LogP contribution in [0.15, 0.2) is 46.8 Å². The largest absolute Gasteiger partial charge is 0.348 e. The number of nitrogens with zero attached hydrogens (tertiary/aromatic N) is 4. The Kier molecular flexibility index (Phi) is 7.51. The predicted octanol–water partition coefficient (Wildman–Crippen LogP) is 7.05. The van der Waals surface area contributed by atoms with E-state index in [0.29, 0.717) is 48.7 Å². The van der Waals surface area contributed by atoms with Crippen LogP contribution in [-0.2, 0) is 30.2 Å². The van der Waals surface area contributed by atoms with Crippen LogP contribution in [0.4, 0.5) is 26.3 Å². The Labute approximate surface area is 282 Å². The van der Waals surface area contributed by atoms with Gasteiger partial charge in [0, 0.05) is 35.2 Å². The molecule has 16 heteroatoms. The number of amides is 2. The minimum absolute atomic E-state index is 0.0695. The van der Waals surface area contributed by atoms with E-state index in [1.54, 1.807) is 24.3 Å². The van der Waals surface area contributed by atoms with Crippen LogP contribution in [0.2, 0.25) is 0 Å². The molecule has 1 unspecified atom stereocenters. The Morgan fingerprint density at radius 2 is 1.88 bits per heavy atom. The Morgan fingerprint density at radius 3 is 2.61 bits per heavy atom. The quantitative estimate of drug-likeness (QED) is 0.126. The number of fused-ring (bicyclic) bond motifs is 5. The highest BCUT2D eigenvalue weighted by Gasteiger charge is 2.67. The fraction of sp³-hybridized carbons (Fsp3) is 0.303. The molecule has 5 aromatic rings. The van der Waals surface area contributed by atoms with Crippen molar-refractivity contribution in [3.63, 3.8) is 0 Å². The summed E-state index contributed by atoms with van der Waals surface area (Å²) in [5.41, 5.74) is 1.35. The molecular formula is C33H24F6N6O2S2. The molecule has 8 rings (SSSR count). The molecule has 252 valence electrons. The van der Waals surface area contributed by atoms with Crippen molar-refractivity contribution in [3.8, 4) is 11.1 Å². The third kappa shape index (κ3) is 5.44. The zero-order valence-electron chi connectivity index (χ0n) is 25.4. The van der Waals surface area contributed by atoms with Crippen molar-refractivity contribution in [1.29, 1.82) is 0 Å². The summed E-state index contributed by atoms with van der Waals surface area (Å²) in [5, 5.41) is 9.28. The summed E-state index contributed by atoms with van der Waals surface area (Å²) in [7, 11) is 0. The predicted molar refractivity (Wildman–Crippen MR) is 169 cm³/mol. The lowest BCUT2D eigenvalue weighted by atomic mass is 9.93. The SMILES string of the molecule is CSc1nc2nc([C@H](Cc3cc(F)cc(F)c3)NC(=O)Cn3nc(C(F)F)c4c3C(F)(F)C3C[C@H]43)c(-c3ccc4c(c3)C(=O)NC4)cc2s1. The van der Waals surface area contributed by atoms with Gasteiger partial charge < -0.3 is 10.6 Å². The van der Waals surface area contributed by atoms with Gasteiger partial charge in [0.15, 0.2) is 9.99 Å². The standard InChI is InChI=1S/C33H24F6N6O2S2/c1-48-32-43-30-23(49-32)10-18(14-2-3-15-11-40-31(47)19(15)7-14)26(42-30)22(6-13-4-16(34)8-17(35)5-13)41-24(46)12-45-28-25(27(44-45)29(36)37)20-9-21(20)33(28,38)39/h2-5,7-8,10,20-22,29H,6,9,11-12H2,1H3,(H,40,47)(H,41,46)/t20-,21?,22-/m0/s1. The summed E-state index contributed by atoms with van der Waals surface area (Å²) >= 11 is 2.77. The number of benzene rings is 2. The van der Waals surface area contributed by atoms with Gasteiger partial charge in [-0.2, -0.15) is 13.9 Å². The van der Waals surface area contributed by atoms with Crippen LogP contribution in [0, 0.1) is 17.6 Å². The number of carbonyl (C=O) groups is 2. The van der Waals surface area contributed by atoms with Crippen LogP contribution in [0.25, 0.3) is 21.5 Å². The molecule has 1 fully saturated rings. The smallest absolute Gasteiger partial charge is 0.293 e. The molecule has 3 atom stereocenters. The second kappa shape index (κ2) is 11.6. The number of rotatable bonds is 9. The van der Waals surface area contributed by atoms with Crippen molar-refractivity contribution in [3.05, 3.63) is 93.4 Å². The maximum Gasteiger partial charge on any atom is 0.293 e. The van der Waals surface area contributed by atoms with E-state index in [1.807, 2.05) is 6.26 Å². The molecule has 0 saturated heterocycles. The van der Waals surface area contributed by atoms with Crippen LogP contribution >= 0.6 is 23.1 Å². The number of alkyl halides is 4. The van der Waals surface area contributed by atoms with E-state index in [2.05, 4.69) is 20.7 Å². The fourth-order valence-electron chi connectivity index (χ4n) is 6.96. The Morgan fingerprint density at radius 1 is 1.10 bits per heavy atom. The average Bonchev–Trinajstić information content (AvgIpc) is 3.29. The van der Waals surface area contributed by atoms with Gasteiger partial charge in [0.05, 0.1) is 16.4 Å². The van der Waals surface area contributed by atoms with Gasteiger partial charge in [-0.1, -0.05) is 23.9 Å². The minimum atomic E-state index is -3.43. The Balaban J connectivity index is 1.23. The molecule has 3 aromatic heterocycles. The van der Waals surface area contributed by atoms with Crippen molar-refractivity contribution in [2.45, 2.75) is 54.6 Å². The van der Waals surface area contributed by atoms with Gasteiger partial charge in [-0.15, -0.1) is 11.3 Å². The Hall–Kier alpha value is -4.44. The van der Waals surface area contributed by atoms with Crippen LogP contribution in [-0.4, -0.2) is 37.8 Å². The molecule has 49 heavy (non-hydrogen) atoms. The summed E-state index contributed by atoms with van der Waals surface area (Å²) in [5.74, 6) is -8.13. The van der Waals surface area contributed by atoms with Crippen molar-refractivity contribution < 1.29 is 35.9 Å². The second-order valence-electron chi connectivity index (χ2n) is 12.3. The third-order valence-electron chi connectivity index (χ3n) is 9.16. The maximum atomic E-state index is 15.2. The molecule has 3 aliphatic rings. The first-order valence-corrected chi connectivity index (χ1v) is 17.2. The molecule has 2 amide bonds. The molecule has 2 aliphatic carbocycles. The fourth-order valence-corrected chi connectivity index (χ4v) is 8.42. The monoisotopic (exact) mass is 714 g/mol. The molecule has 4 heterocycles. The first-order chi connectivity index (χ1) is 23.4. The highest BCUT2D eigenvalue weighted by Crippen LogP contribution is 2.68. The van der Waals surface area contributed by atoms with E-state index in [0.717, 1.165) is 17.7 Å². The number of hydrogen-bond acceptors (Lipinski definition) is 7. The molecule has 0 bridgehead atoms. The first kappa shape index (κ1) is 31.8. The van der Waals surface area contributed by atoms with E-state index < -0.39 is 65.7 Å². The highest BCUT2D eigenvalue weighted by atomic mass is 32.2. The minimum Gasteiger partial charge on any atom is -0.348 e. The number of carbonyl (C=O) groups excluding carboxylic acids is 2. The number of thiazole rings is 1. The van der Waals surface area contributed by atoms with E-state index in [4.69, 9.17) is 4.98 Å². The first-order valence-electron chi connectivity index (χ1n) is 15.2. The van der Waals surface area contributed by atoms with E-state index >= 15 is 8.78 Å². The number of pyridine rings is 1. The topological polar surface area (TPSA) is 102 Å². The lowest BCUT2D eigenvalue weighted by molar-refractivity contribution is -0.123. The summed E-state index contributed by atoms with van der Waals surface area (Å²) in [6, 6.07) is 8.83. The van der Waals surface area contributed by atoms with Gasteiger partial charge in [0.25, 0.3) is 18.3 Å². The molecule has 2 N–H and O–H groups in total. The Bertz CT molecular complexity index is 2180. The molecule has 1 aliphatic heterocycles. The summed E-state index contributed by atoms with van der Waals surface area (Å²) in [4.78, 5) is 35.6. The van der Waals surface area contributed by atoms with Gasteiger partial charge in [0.1, 0.15) is 29.6 Å². The average molecular weight is 715 g/mol. The third-order valence-corrected chi connectivity index (χ3v) is 11.1. The summed E-state index contributed by atoms with van der Waals surface area (Å²) in [6.07, 6.45) is -1.39. The molecule has 0 spiro atoms. The number of hydrogen-bond donors (Lipinski definition) is 2. The van der Waals surface area contributed by atoms with Crippen LogP contribution in [0.5, 0.6) is 0 Å². The van der Waals surface area contributed by atoms with Crippen molar-refractivity contribution in [1.82, 2.24) is 30.4 Å². The van der Waals surface area contributed by atoms with Gasteiger partial charge in [0.2, 0.25) is 5.91 Å². The van der Waals surface area contributed by atoms with Crippen molar-refractivity contribution in [2.75, 3.05) is 6.26 Å². The zero-order chi connectivity index (χ0) is 34.4. The van der Waals surface area contributed by atoms with Crippen molar-refractivity contribution in [2.24, 2.45) is 5.92 Å². The number of halogens is 6. The zero-order valence-corrected chi connectivity index (χ0v) is 27.0. The van der Waals surface area contributed by atoms with Crippen LogP contribution in [0.3, 0.4) is 0 Å². The molecular weight excluding hydrogens is 691 g/mol. The van der Waals surface area contributed by atoms with Gasteiger partial charge in [-0.3, -0.25) is 14.3 Å². The molecule has 8 nitrogen and oxygen atoms in total. The number of aromatic nitrogens is 4. The second-order valence-corrected chi connectivity index (χ2v) is 14.3. The highest BCUT2D eigenvalue weighted by molar-refractivity contribution is 8.00. The molecule has 0 radical (unpaired) electrons. The van der Waals surface area contributed by atoms with Gasteiger partial charge >= 0.3 is 0 Å². The van der Waals surface area contributed by atoms with E-state index in [1.165, 1.54) is 23.1 Å². The molecule has 1 saturated carbocycles. The van der Waals surface area contributed by atoms with Crippen LogP contribution < -0.4 is 10.6 Å². The number of nitrogens with one attached hydrogen (secondary N) is 2. The van der Waals surface area contributed by atoms with Crippen molar-refractivity contribution >= 4 is 45.3 Å². The normalized spacial score (nSPS) is 19.1. The lowest BCUT2D eigenvalue weighted by Crippen LogP contribution is -2.35. The van der Waals surface area contributed by atoms with Gasteiger partial charge in [-0.05, 0) is 66.0 Å². The summed E-state index contributed by atoms with van der Waals surface area (Å²) < 4.78 is 89.0. The van der Waals surface area contributed by atoms with E-state index in [9.17, 15) is 27.2 Å². The lowest BCUT2D eigenvalue weighted by Gasteiger charge is -2.23.